The zero-order valence-electron chi connectivity index (χ0n) is 6.70. The zero-order chi connectivity index (χ0) is 9.72. The Morgan fingerprint density at radius 3 is 2.08 bits per heavy atom. The molecule has 0 aliphatic rings. The standard InChI is InChI=1S/C8H10O4/c1-3-4-6(8(11)12)5(2)7(9)10/h3H,1,4H2,2H3,(H,9,10)(H,11,12)/b6-5+. The molecule has 12 heavy (non-hydrogen) atoms. The maximum Gasteiger partial charge on any atom is 0.332 e. The van der Waals surface area contributed by atoms with Crippen LogP contribution in [-0.2, 0) is 9.59 Å². The highest BCUT2D eigenvalue weighted by atomic mass is 16.4. The molecule has 0 saturated heterocycles. The van der Waals surface area contributed by atoms with E-state index in [1.807, 2.05) is 0 Å². The van der Waals surface area contributed by atoms with E-state index in [0.717, 1.165) is 0 Å². The first-order valence-electron chi connectivity index (χ1n) is 3.28. The number of carboxylic acids is 2. The van der Waals surface area contributed by atoms with Gasteiger partial charge in [-0.15, -0.1) is 6.58 Å². The average Bonchev–Trinajstić information content (AvgIpc) is 1.98. The number of hydrogen-bond acceptors (Lipinski definition) is 2. The van der Waals surface area contributed by atoms with Gasteiger partial charge in [-0.1, -0.05) is 6.08 Å². The highest BCUT2D eigenvalue weighted by molar-refractivity contribution is 5.98. The summed E-state index contributed by atoms with van der Waals surface area (Å²) in [7, 11) is 0. The van der Waals surface area contributed by atoms with Crippen molar-refractivity contribution in [2.75, 3.05) is 0 Å². The lowest BCUT2D eigenvalue weighted by molar-refractivity contribution is -0.135. The molecule has 0 heterocycles. The minimum atomic E-state index is -1.21. The predicted octanol–water partition coefficient (Wildman–Crippen LogP) is 1.05. The van der Waals surface area contributed by atoms with Gasteiger partial charge in [0.1, 0.15) is 0 Å². The van der Waals surface area contributed by atoms with Gasteiger partial charge in [-0.25, -0.2) is 9.59 Å². The molecule has 0 spiro atoms. The molecular formula is C8H10O4. The van der Waals surface area contributed by atoms with Crippen LogP contribution in [0.2, 0.25) is 0 Å². The van der Waals surface area contributed by atoms with Gasteiger partial charge >= 0.3 is 11.9 Å². The van der Waals surface area contributed by atoms with Crippen molar-refractivity contribution >= 4 is 11.9 Å². The fraction of sp³-hybridized carbons (Fsp3) is 0.250. The van der Waals surface area contributed by atoms with Crippen LogP contribution in [0.5, 0.6) is 0 Å². The number of carboxylic acid groups (broad SMARTS) is 2. The van der Waals surface area contributed by atoms with Crippen molar-refractivity contribution in [2.24, 2.45) is 0 Å². The maximum atomic E-state index is 10.5. The molecule has 0 aromatic carbocycles. The Morgan fingerprint density at radius 1 is 1.33 bits per heavy atom. The van der Waals surface area contributed by atoms with Crippen LogP contribution in [0.1, 0.15) is 13.3 Å². The van der Waals surface area contributed by atoms with Gasteiger partial charge in [0.25, 0.3) is 0 Å². The van der Waals surface area contributed by atoms with Crippen LogP contribution in [0.3, 0.4) is 0 Å². The lowest BCUT2D eigenvalue weighted by Gasteiger charge is -2.00. The van der Waals surface area contributed by atoms with Crippen molar-refractivity contribution in [2.45, 2.75) is 13.3 Å². The Labute approximate surface area is 69.8 Å². The second kappa shape index (κ2) is 4.33. The summed E-state index contributed by atoms with van der Waals surface area (Å²) in [4.78, 5) is 20.8. The molecule has 66 valence electrons. The van der Waals surface area contributed by atoms with Crippen molar-refractivity contribution < 1.29 is 19.8 Å². The second-order valence-corrected chi connectivity index (χ2v) is 2.21. The number of hydrogen-bond donors (Lipinski definition) is 2. The highest BCUT2D eigenvalue weighted by Crippen LogP contribution is 2.09. The van der Waals surface area contributed by atoms with Crippen LogP contribution >= 0.6 is 0 Å². The monoisotopic (exact) mass is 170 g/mol. The highest BCUT2D eigenvalue weighted by Gasteiger charge is 2.13. The quantitative estimate of drug-likeness (QED) is 0.488. The third kappa shape index (κ3) is 2.57. The fourth-order valence-electron chi connectivity index (χ4n) is 0.674. The molecule has 0 bridgehead atoms. The number of rotatable bonds is 4. The van der Waals surface area contributed by atoms with Crippen molar-refractivity contribution in [1.29, 1.82) is 0 Å². The van der Waals surface area contributed by atoms with Gasteiger partial charge in [0, 0.05) is 5.57 Å². The van der Waals surface area contributed by atoms with Crippen molar-refractivity contribution in [3.63, 3.8) is 0 Å². The van der Waals surface area contributed by atoms with E-state index in [9.17, 15) is 9.59 Å². The van der Waals surface area contributed by atoms with Crippen molar-refractivity contribution in [1.82, 2.24) is 0 Å². The van der Waals surface area contributed by atoms with E-state index in [1.54, 1.807) is 0 Å². The molecule has 4 nitrogen and oxygen atoms in total. The molecule has 0 rings (SSSR count). The Morgan fingerprint density at radius 2 is 1.83 bits per heavy atom. The predicted molar refractivity (Wildman–Crippen MR) is 42.8 cm³/mol. The summed E-state index contributed by atoms with van der Waals surface area (Å²) in [6.45, 7) is 4.59. The molecule has 0 amide bonds. The van der Waals surface area contributed by atoms with Crippen LogP contribution in [0, 0.1) is 0 Å². The van der Waals surface area contributed by atoms with Crippen LogP contribution in [0.25, 0.3) is 0 Å². The Balaban J connectivity index is 4.92. The molecule has 4 heteroatoms. The molecule has 0 atom stereocenters. The third-order valence-electron chi connectivity index (χ3n) is 1.38. The van der Waals surface area contributed by atoms with Gasteiger partial charge in [-0.05, 0) is 13.3 Å². The van der Waals surface area contributed by atoms with Crippen molar-refractivity contribution in [3.05, 3.63) is 23.8 Å². The third-order valence-corrected chi connectivity index (χ3v) is 1.38. The van der Waals surface area contributed by atoms with Crippen LogP contribution in [0.15, 0.2) is 23.8 Å². The lowest BCUT2D eigenvalue weighted by Crippen LogP contribution is -2.08. The summed E-state index contributed by atoms with van der Waals surface area (Å²) in [6, 6.07) is 0. The van der Waals surface area contributed by atoms with Gasteiger partial charge in [0.05, 0.1) is 5.57 Å². The normalized spacial score (nSPS) is 11.8. The minimum Gasteiger partial charge on any atom is -0.478 e. The number of carbonyl (C=O) groups is 2. The Hall–Kier alpha value is -1.58. The van der Waals surface area contributed by atoms with E-state index in [-0.39, 0.29) is 17.6 Å². The van der Waals surface area contributed by atoms with Gasteiger partial charge in [0.15, 0.2) is 0 Å². The van der Waals surface area contributed by atoms with E-state index in [1.165, 1.54) is 13.0 Å². The first-order valence-corrected chi connectivity index (χ1v) is 3.28. The molecule has 0 saturated carbocycles. The van der Waals surface area contributed by atoms with Gasteiger partial charge in [-0.2, -0.15) is 0 Å². The van der Waals surface area contributed by atoms with Crippen LogP contribution < -0.4 is 0 Å². The summed E-state index contributed by atoms with van der Waals surface area (Å²) in [6.07, 6.45) is 1.42. The average molecular weight is 170 g/mol. The Bertz CT molecular complexity index is 250. The first-order chi connectivity index (χ1) is 5.50. The molecule has 0 aliphatic heterocycles. The molecule has 0 aromatic rings. The van der Waals surface area contributed by atoms with Crippen molar-refractivity contribution in [3.8, 4) is 0 Å². The molecule has 0 fully saturated rings. The van der Waals surface area contributed by atoms with Crippen LogP contribution in [-0.4, -0.2) is 22.2 Å². The molecular weight excluding hydrogens is 160 g/mol. The van der Waals surface area contributed by atoms with Gasteiger partial charge in [-0.3, -0.25) is 0 Å². The van der Waals surface area contributed by atoms with Gasteiger partial charge in [0.2, 0.25) is 0 Å². The summed E-state index contributed by atoms with van der Waals surface area (Å²) in [5, 5.41) is 17.0. The van der Waals surface area contributed by atoms with Gasteiger partial charge < -0.3 is 10.2 Å². The molecule has 0 aliphatic carbocycles. The number of aliphatic carboxylic acids is 2. The molecule has 0 unspecified atom stereocenters. The molecule has 0 aromatic heterocycles. The minimum absolute atomic E-state index is 0.0630. The smallest absolute Gasteiger partial charge is 0.332 e. The maximum absolute atomic E-state index is 10.5. The van der Waals surface area contributed by atoms with Crippen LogP contribution in [0.4, 0.5) is 0 Å². The molecule has 0 radical (unpaired) electrons. The lowest BCUT2D eigenvalue weighted by atomic mass is 10.1. The summed E-state index contributed by atoms with van der Waals surface area (Å²) in [5.41, 5.74) is -0.278. The molecule has 2 N–H and O–H groups in total. The largest absolute Gasteiger partial charge is 0.478 e. The summed E-state index contributed by atoms with van der Waals surface area (Å²) >= 11 is 0. The zero-order valence-corrected chi connectivity index (χ0v) is 6.70. The Kier molecular flexibility index (Phi) is 3.76. The van der Waals surface area contributed by atoms with E-state index < -0.39 is 11.9 Å². The van der Waals surface area contributed by atoms with E-state index >= 15 is 0 Å². The van der Waals surface area contributed by atoms with E-state index in [2.05, 4.69) is 6.58 Å². The topological polar surface area (TPSA) is 74.6 Å². The van der Waals surface area contributed by atoms with E-state index in [0.29, 0.717) is 0 Å². The van der Waals surface area contributed by atoms with E-state index in [4.69, 9.17) is 10.2 Å². The SMILES string of the molecule is C=CC/C(C(=O)O)=C(/C)C(=O)O. The number of allylic oxidation sites excluding steroid dienone is 1. The second-order valence-electron chi connectivity index (χ2n) is 2.21. The summed E-state index contributed by atoms with van der Waals surface area (Å²) in [5.74, 6) is -2.43. The fourth-order valence-corrected chi connectivity index (χ4v) is 0.674. The summed E-state index contributed by atoms with van der Waals surface area (Å²) < 4.78 is 0. The first kappa shape index (κ1) is 10.4.